The summed E-state index contributed by atoms with van der Waals surface area (Å²) in [6.07, 6.45) is 1.06. The molecule has 2 N–H and O–H groups in total. The molecule has 0 radical (unpaired) electrons. The zero-order valence-electron chi connectivity index (χ0n) is 10.8. The fraction of sp³-hybridized carbons (Fsp3) is 0.267. The van der Waals surface area contributed by atoms with E-state index in [4.69, 9.17) is 5.11 Å². The van der Waals surface area contributed by atoms with E-state index < -0.39 is 0 Å². The third-order valence-corrected chi connectivity index (χ3v) is 3.77. The maximum Gasteiger partial charge on any atom is 0.229 e. The van der Waals surface area contributed by atoms with Crippen molar-refractivity contribution in [3.63, 3.8) is 0 Å². The van der Waals surface area contributed by atoms with Gasteiger partial charge in [0.25, 0.3) is 0 Å². The Kier molecular flexibility index (Phi) is 4.71. The zero-order valence-corrected chi connectivity index (χ0v) is 11.7. The lowest BCUT2D eigenvalue weighted by Gasteiger charge is -2.05. The fourth-order valence-corrected chi connectivity index (χ4v) is 2.72. The minimum absolute atomic E-state index is 0.00300. The van der Waals surface area contributed by atoms with Crippen molar-refractivity contribution in [2.45, 2.75) is 19.8 Å². The molecule has 1 heterocycles. The van der Waals surface area contributed by atoms with E-state index in [9.17, 15) is 4.79 Å². The van der Waals surface area contributed by atoms with Gasteiger partial charge in [0.1, 0.15) is 0 Å². The number of aliphatic hydroxyl groups is 1. The molecular weight excluding hydrogens is 258 g/mol. The molecule has 0 aliphatic rings. The van der Waals surface area contributed by atoms with E-state index in [-0.39, 0.29) is 12.5 Å². The van der Waals surface area contributed by atoms with Crippen LogP contribution in [0.3, 0.4) is 0 Å². The Morgan fingerprint density at radius 3 is 2.53 bits per heavy atom. The normalized spacial score (nSPS) is 10.4. The molecule has 0 spiro atoms. The molecule has 1 aromatic heterocycles. The molecule has 0 bridgehead atoms. The SMILES string of the molecule is Cc1ccc(CC(=O)Nc2ccc(CCO)cc2)s1. The summed E-state index contributed by atoms with van der Waals surface area (Å²) in [4.78, 5) is 14.2. The highest BCUT2D eigenvalue weighted by Gasteiger charge is 2.05. The van der Waals surface area contributed by atoms with Crippen molar-refractivity contribution in [1.82, 2.24) is 0 Å². The lowest BCUT2D eigenvalue weighted by molar-refractivity contribution is -0.115. The minimum Gasteiger partial charge on any atom is -0.396 e. The number of carbonyl (C=O) groups excluding carboxylic acids is 1. The molecule has 0 saturated carbocycles. The smallest absolute Gasteiger partial charge is 0.229 e. The molecule has 1 aromatic carbocycles. The first-order valence-electron chi connectivity index (χ1n) is 6.22. The quantitative estimate of drug-likeness (QED) is 0.881. The maximum atomic E-state index is 11.9. The zero-order chi connectivity index (χ0) is 13.7. The number of rotatable bonds is 5. The lowest BCUT2D eigenvalue weighted by atomic mass is 10.1. The number of hydrogen-bond acceptors (Lipinski definition) is 3. The average Bonchev–Trinajstić information content (AvgIpc) is 2.77. The predicted octanol–water partition coefficient (Wildman–Crippen LogP) is 2.77. The molecule has 100 valence electrons. The molecule has 2 rings (SSSR count). The van der Waals surface area contributed by atoms with Crippen LogP contribution >= 0.6 is 11.3 Å². The Bertz CT molecular complexity index is 546. The summed E-state index contributed by atoms with van der Waals surface area (Å²) in [6, 6.07) is 11.6. The lowest BCUT2D eigenvalue weighted by Crippen LogP contribution is -2.13. The van der Waals surface area contributed by atoms with Gasteiger partial charge in [0.05, 0.1) is 6.42 Å². The van der Waals surface area contributed by atoms with Gasteiger partial charge in [0, 0.05) is 22.0 Å². The van der Waals surface area contributed by atoms with Crippen molar-refractivity contribution in [1.29, 1.82) is 0 Å². The van der Waals surface area contributed by atoms with Crippen LogP contribution in [0.2, 0.25) is 0 Å². The molecule has 4 heteroatoms. The molecule has 0 unspecified atom stereocenters. The molecule has 0 aliphatic carbocycles. The van der Waals surface area contributed by atoms with Crippen LogP contribution in [-0.2, 0) is 17.6 Å². The number of nitrogens with one attached hydrogen (secondary N) is 1. The average molecular weight is 275 g/mol. The van der Waals surface area contributed by atoms with Crippen LogP contribution in [0.1, 0.15) is 15.3 Å². The summed E-state index contributed by atoms with van der Waals surface area (Å²) < 4.78 is 0. The fourth-order valence-electron chi connectivity index (χ4n) is 1.83. The van der Waals surface area contributed by atoms with Gasteiger partial charge in [-0.2, -0.15) is 0 Å². The van der Waals surface area contributed by atoms with Gasteiger partial charge < -0.3 is 10.4 Å². The van der Waals surface area contributed by atoms with Crippen LogP contribution in [0.15, 0.2) is 36.4 Å². The van der Waals surface area contributed by atoms with Crippen LogP contribution in [0.4, 0.5) is 5.69 Å². The van der Waals surface area contributed by atoms with Gasteiger partial charge in [-0.05, 0) is 43.2 Å². The standard InChI is InChI=1S/C15H17NO2S/c1-11-2-7-14(19-11)10-15(18)16-13-5-3-12(4-6-13)8-9-17/h2-7,17H,8-10H2,1H3,(H,16,18). The number of aryl methyl sites for hydroxylation is 1. The Morgan fingerprint density at radius 2 is 1.95 bits per heavy atom. The summed E-state index contributed by atoms with van der Waals surface area (Å²) in [5.74, 6) is -0.00300. The number of carbonyl (C=O) groups is 1. The Balaban J connectivity index is 1.91. The van der Waals surface area contributed by atoms with Crippen molar-refractivity contribution < 1.29 is 9.90 Å². The predicted molar refractivity (Wildman–Crippen MR) is 78.6 cm³/mol. The van der Waals surface area contributed by atoms with Crippen LogP contribution in [0.5, 0.6) is 0 Å². The minimum atomic E-state index is -0.00300. The molecule has 3 nitrogen and oxygen atoms in total. The van der Waals surface area contributed by atoms with E-state index in [1.165, 1.54) is 4.88 Å². The van der Waals surface area contributed by atoms with Crippen molar-refractivity contribution in [3.8, 4) is 0 Å². The van der Waals surface area contributed by atoms with Crippen molar-refractivity contribution >= 4 is 22.9 Å². The summed E-state index contributed by atoms with van der Waals surface area (Å²) in [5, 5.41) is 11.7. The van der Waals surface area contributed by atoms with E-state index in [0.29, 0.717) is 12.8 Å². The first-order valence-corrected chi connectivity index (χ1v) is 7.04. The van der Waals surface area contributed by atoms with Gasteiger partial charge in [0.2, 0.25) is 5.91 Å². The highest BCUT2D eigenvalue weighted by atomic mass is 32.1. The van der Waals surface area contributed by atoms with E-state index in [1.54, 1.807) is 11.3 Å². The third-order valence-electron chi connectivity index (χ3n) is 2.77. The second-order valence-corrected chi connectivity index (χ2v) is 5.78. The van der Waals surface area contributed by atoms with Gasteiger partial charge in [-0.1, -0.05) is 12.1 Å². The van der Waals surface area contributed by atoms with E-state index in [2.05, 4.69) is 5.32 Å². The summed E-state index contributed by atoms with van der Waals surface area (Å²) in [5.41, 5.74) is 1.86. The number of hydrogen-bond donors (Lipinski definition) is 2. The van der Waals surface area contributed by atoms with Crippen molar-refractivity contribution in [2.24, 2.45) is 0 Å². The number of benzene rings is 1. The molecule has 2 aromatic rings. The Hall–Kier alpha value is -1.65. The molecule has 19 heavy (non-hydrogen) atoms. The summed E-state index contributed by atoms with van der Waals surface area (Å²) in [7, 11) is 0. The van der Waals surface area contributed by atoms with Gasteiger partial charge >= 0.3 is 0 Å². The van der Waals surface area contributed by atoms with Crippen LogP contribution < -0.4 is 5.32 Å². The van der Waals surface area contributed by atoms with Gasteiger partial charge in [0.15, 0.2) is 0 Å². The number of aliphatic hydroxyl groups excluding tert-OH is 1. The largest absolute Gasteiger partial charge is 0.396 e. The molecule has 0 aliphatic heterocycles. The molecule has 0 fully saturated rings. The first-order chi connectivity index (χ1) is 9.17. The van der Waals surface area contributed by atoms with Gasteiger partial charge in [-0.15, -0.1) is 11.3 Å². The molecular formula is C15H17NO2S. The van der Waals surface area contributed by atoms with Crippen molar-refractivity contribution in [3.05, 3.63) is 51.7 Å². The van der Waals surface area contributed by atoms with E-state index in [0.717, 1.165) is 16.1 Å². The Morgan fingerprint density at radius 1 is 1.21 bits per heavy atom. The van der Waals surface area contributed by atoms with Crippen molar-refractivity contribution in [2.75, 3.05) is 11.9 Å². The van der Waals surface area contributed by atoms with E-state index >= 15 is 0 Å². The first kappa shape index (κ1) is 13.8. The number of amides is 1. The van der Waals surface area contributed by atoms with Crippen LogP contribution in [-0.4, -0.2) is 17.6 Å². The molecule has 1 amide bonds. The summed E-state index contributed by atoms with van der Waals surface area (Å²) >= 11 is 1.65. The van der Waals surface area contributed by atoms with Crippen LogP contribution in [0.25, 0.3) is 0 Å². The monoisotopic (exact) mass is 275 g/mol. The molecule has 0 saturated heterocycles. The highest BCUT2D eigenvalue weighted by Crippen LogP contribution is 2.16. The topological polar surface area (TPSA) is 49.3 Å². The summed E-state index contributed by atoms with van der Waals surface area (Å²) in [6.45, 7) is 2.18. The van der Waals surface area contributed by atoms with Crippen LogP contribution in [0, 0.1) is 6.92 Å². The van der Waals surface area contributed by atoms with Gasteiger partial charge in [-0.3, -0.25) is 4.79 Å². The van der Waals surface area contributed by atoms with Gasteiger partial charge in [-0.25, -0.2) is 0 Å². The highest BCUT2D eigenvalue weighted by molar-refractivity contribution is 7.12. The third kappa shape index (κ3) is 4.19. The van der Waals surface area contributed by atoms with E-state index in [1.807, 2.05) is 43.3 Å². The molecule has 0 atom stereocenters. The Labute approximate surface area is 116 Å². The maximum absolute atomic E-state index is 11.9. The second kappa shape index (κ2) is 6.50. The second-order valence-electron chi connectivity index (χ2n) is 4.41. The number of anilines is 1. The number of thiophene rings is 1.